The molecule has 1 N–H and O–H groups in total. The number of nitrogens with one attached hydrogen (secondary N) is 1. The number of hydrogen-bond donors (Lipinski definition) is 1. The van der Waals surface area contributed by atoms with Crippen LogP contribution in [0.5, 0.6) is 6.01 Å². The molecule has 2 aromatic heterocycles. The highest BCUT2D eigenvalue weighted by Gasteiger charge is 2.28. The van der Waals surface area contributed by atoms with E-state index in [1.165, 1.54) is 6.08 Å². The predicted octanol–water partition coefficient (Wildman–Crippen LogP) is 4.09. The van der Waals surface area contributed by atoms with Gasteiger partial charge < -0.3 is 19.4 Å². The molecule has 0 atom stereocenters. The lowest BCUT2D eigenvalue weighted by molar-refractivity contribution is -0.126. The summed E-state index contributed by atoms with van der Waals surface area (Å²) in [5.41, 5.74) is 3.16. The fraction of sp³-hybridized carbons (Fsp3) is 0.419. The van der Waals surface area contributed by atoms with Crippen LogP contribution >= 0.6 is 11.6 Å². The quantitative estimate of drug-likeness (QED) is 0.363. The molecule has 3 aromatic rings. The largest absolute Gasteiger partial charge is 0.462 e. The Morgan fingerprint density at radius 2 is 1.84 bits per heavy atom. The highest BCUT2D eigenvalue weighted by molar-refractivity contribution is 6.33. The van der Waals surface area contributed by atoms with Crippen LogP contribution in [0.4, 0.5) is 10.2 Å². The fourth-order valence-electron chi connectivity index (χ4n) is 5.60. The Kier molecular flexibility index (Phi) is 9.43. The van der Waals surface area contributed by atoms with Gasteiger partial charge in [-0.3, -0.25) is 14.8 Å². The minimum atomic E-state index is -0.567. The zero-order valence-corrected chi connectivity index (χ0v) is 25.8. The maximum absolute atomic E-state index is 16.7. The van der Waals surface area contributed by atoms with Gasteiger partial charge >= 0.3 is 6.01 Å². The van der Waals surface area contributed by atoms with Gasteiger partial charge in [-0.05, 0) is 44.7 Å². The number of carbonyl (C=O) groups excluding carboxylic acids is 1. The molecule has 4 heterocycles. The fourth-order valence-corrected chi connectivity index (χ4v) is 5.89. The smallest absolute Gasteiger partial charge is 0.319 e. The number of likely N-dealkylation sites (N-methyl/N-ethyl adjacent to an activating group) is 1. The first-order valence-electron chi connectivity index (χ1n) is 14.5. The van der Waals surface area contributed by atoms with Gasteiger partial charge in [0.05, 0.1) is 16.9 Å². The number of halogens is 2. The van der Waals surface area contributed by atoms with Gasteiger partial charge in [0.25, 0.3) is 0 Å². The van der Waals surface area contributed by atoms with E-state index < -0.39 is 5.82 Å². The third-order valence-corrected chi connectivity index (χ3v) is 8.33. The Morgan fingerprint density at radius 1 is 1.12 bits per heavy atom. The Balaban J connectivity index is 1.55. The highest BCUT2D eigenvalue weighted by Crippen LogP contribution is 2.40. The summed E-state index contributed by atoms with van der Waals surface area (Å²) in [6.45, 7) is 18.2. The van der Waals surface area contributed by atoms with Crippen LogP contribution in [0.15, 0.2) is 37.1 Å². The summed E-state index contributed by atoms with van der Waals surface area (Å²) in [7, 11) is 2.12. The summed E-state index contributed by atoms with van der Waals surface area (Å²) in [4.78, 5) is 29.9. The van der Waals surface area contributed by atoms with Crippen LogP contribution in [0, 0.1) is 5.82 Å². The van der Waals surface area contributed by atoms with E-state index >= 15 is 4.39 Å². The van der Waals surface area contributed by atoms with E-state index in [1.54, 1.807) is 23.2 Å². The molecule has 5 rings (SSSR count). The van der Waals surface area contributed by atoms with Crippen molar-refractivity contribution in [3.8, 4) is 6.01 Å². The normalized spacial score (nSPS) is 16.4. The van der Waals surface area contributed by atoms with E-state index in [0.29, 0.717) is 67.4 Å². The van der Waals surface area contributed by atoms with Crippen molar-refractivity contribution in [1.82, 2.24) is 34.9 Å². The van der Waals surface area contributed by atoms with E-state index in [0.717, 1.165) is 31.8 Å². The summed E-state index contributed by atoms with van der Waals surface area (Å²) in [6.07, 6.45) is 4.60. The third kappa shape index (κ3) is 6.43. The molecule has 228 valence electrons. The lowest BCUT2D eigenvalue weighted by atomic mass is 9.92. The summed E-state index contributed by atoms with van der Waals surface area (Å²) < 4.78 is 22.8. The number of carbonyl (C=O) groups is 1. The Labute approximate surface area is 256 Å². The molecule has 10 nitrogen and oxygen atoms in total. The van der Waals surface area contributed by atoms with Gasteiger partial charge in [-0.15, -0.1) is 0 Å². The molecule has 1 amide bonds. The molecule has 0 saturated carbocycles. The monoisotopic (exact) mass is 608 g/mol. The number of allylic oxidation sites excluding steroid dienone is 1. The number of H-pyrrole nitrogens is 1. The van der Waals surface area contributed by atoms with Gasteiger partial charge in [0.1, 0.15) is 17.9 Å². The average Bonchev–Trinajstić information content (AvgIpc) is 3.48. The number of aromatic nitrogens is 4. The first-order chi connectivity index (χ1) is 20.7. The molecule has 2 fully saturated rings. The second-order valence-corrected chi connectivity index (χ2v) is 11.5. The Bertz CT molecular complexity index is 1550. The van der Waals surface area contributed by atoms with Gasteiger partial charge in [0, 0.05) is 75.4 Å². The number of nitrogens with zero attached hydrogens (tertiary/aromatic N) is 7. The number of hydrogen-bond acceptors (Lipinski definition) is 8. The van der Waals surface area contributed by atoms with Gasteiger partial charge in [0.2, 0.25) is 5.91 Å². The molecule has 2 aliphatic heterocycles. The number of amides is 1. The topological polar surface area (TPSA) is 93.7 Å². The SMILES string of the molecule is C=CC(=O)N1CCN(c2nc(OCCN3CCN(C)CC3)nc3c(F)c(C(=C(C)C)c4cn[nH]c4C=C)c(Cl)cc23)CC1. The number of aromatic amines is 1. The van der Waals surface area contributed by atoms with Gasteiger partial charge in [-0.25, -0.2) is 4.39 Å². The summed E-state index contributed by atoms with van der Waals surface area (Å²) in [5, 5.41) is 7.76. The number of anilines is 1. The van der Waals surface area contributed by atoms with E-state index in [1.807, 2.05) is 18.7 Å². The van der Waals surface area contributed by atoms with Crippen molar-refractivity contribution in [1.29, 1.82) is 0 Å². The minimum Gasteiger partial charge on any atom is -0.462 e. The zero-order chi connectivity index (χ0) is 30.7. The van der Waals surface area contributed by atoms with Crippen molar-refractivity contribution < 1.29 is 13.9 Å². The van der Waals surface area contributed by atoms with Crippen molar-refractivity contribution in [2.24, 2.45) is 0 Å². The van der Waals surface area contributed by atoms with Gasteiger partial charge in [-0.2, -0.15) is 15.1 Å². The predicted molar refractivity (Wildman–Crippen MR) is 169 cm³/mol. The summed E-state index contributed by atoms with van der Waals surface area (Å²) >= 11 is 6.87. The minimum absolute atomic E-state index is 0.0993. The van der Waals surface area contributed by atoms with Crippen LogP contribution in [0.1, 0.15) is 30.7 Å². The summed E-state index contributed by atoms with van der Waals surface area (Å²) in [5.74, 6) is -0.166. The molecule has 2 aliphatic rings. The zero-order valence-electron chi connectivity index (χ0n) is 25.0. The molecule has 0 radical (unpaired) electrons. The van der Waals surface area contributed by atoms with Crippen LogP contribution in [-0.4, -0.2) is 113 Å². The molecule has 1 aromatic carbocycles. The molecule has 2 saturated heterocycles. The van der Waals surface area contributed by atoms with Crippen molar-refractivity contribution in [2.75, 3.05) is 77.5 Å². The van der Waals surface area contributed by atoms with Crippen molar-refractivity contribution >= 4 is 45.9 Å². The molecule has 12 heteroatoms. The van der Waals surface area contributed by atoms with E-state index in [4.69, 9.17) is 21.3 Å². The van der Waals surface area contributed by atoms with Gasteiger partial charge in [0.15, 0.2) is 5.82 Å². The number of rotatable bonds is 9. The maximum Gasteiger partial charge on any atom is 0.319 e. The molecule has 0 aliphatic carbocycles. The molecular formula is C31H38ClFN8O2. The van der Waals surface area contributed by atoms with Crippen molar-refractivity contribution in [2.45, 2.75) is 13.8 Å². The molecule has 43 heavy (non-hydrogen) atoms. The number of piperazine rings is 2. The second kappa shape index (κ2) is 13.2. The van der Waals surface area contributed by atoms with E-state index in [2.05, 4.69) is 45.2 Å². The van der Waals surface area contributed by atoms with Crippen molar-refractivity contribution in [3.63, 3.8) is 0 Å². The molecular weight excluding hydrogens is 571 g/mol. The van der Waals surface area contributed by atoms with Crippen LogP contribution in [0.25, 0.3) is 22.6 Å². The lowest BCUT2D eigenvalue weighted by Gasteiger charge is -2.35. The van der Waals surface area contributed by atoms with Crippen LogP contribution in [0.2, 0.25) is 5.02 Å². The Morgan fingerprint density at radius 3 is 2.49 bits per heavy atom. The number of ether oxygens (including phenoxy) is 1. The van der Waals surface area contributed by atoms with E-state index in [9.17, 15) is 4.79 Å². The van der Waals surface area contributed by atoms with Crippen molar-refractivity contribution in [3.05, 3.63) is 64.7 Å². The summed E-state index contributed by atoms with van der Waals surface area (Å²) in [6, 6.07) is 1.82. The van der Waals surface area contributed by atoms with Crippen LogP contribution in [0.3, 0.4) is 0 Å². The van der Waals surface area contributed by atoms with Crippen LogP contribution < -0.4 is 9.64 Å². The standard InChI is InChI=1S/C31H38ClFN8O2/c1-6-24-22(19-34-37-24)26(20(3)4)27-23(32)18-21-29(28(27)33)35-31(43-17-16-39-10-8-38(5)9-11-39)36-30(21)41-14-12-40(13-15-41)25(42)7-2/h6-7,18-19H,1-2,8-17H2,3-5H3,(H,34,37). The average molecular weight is 609 g/mol. The number of benzene rings is 1. The molecule has 0 spiro atoms. The van der Waals surface area contributed by atoms with Gasteiger partial charge in [-0.1, -0.05) is 30.3 Å². The number of fused-ring (bicyclic) bond motifs is 1. The molecule has 0 bridgehead atoms. The van der Waals surface area contributed by atoms with Crippen LogP contribution in [-0.2, 0) is 4.79 Å². The third-order valence-electron chi connectivity index (χ3n) is 8.03. The maximum atomic E-state index is 16.7. The Hall–Kier alpha value is -3.80. The first kappa shape index (κ1) is 30.7. The van der Waals surface area contributed by atoms with E-state index in [-0.39, 0.29) is 28.0 Å². The second-order valence-electron chi connectivity index (χ2n) is 11.1. The lowest BCUT2D eigenvalue weighted by Crippen LogP contribution is -2.48. The molecule has 0 unspecified atom stereocenters. The highest BCUT2D eigenvalue weighted by atomic mass is 35.5. The first-order valence-corrected chi connectivity index (χ1v) is 14.8.